The second-order valence-electron chi connectivity index (χ2n) is 3.99. The first-order chi connectivity index (χ1) is 9.92. The van der Waals surface area contributed by atoms with Crippen LogP contribution in [-0.4, -0.2) is 4.92 Å². The Labute approximate surface area is 135 Å². The summed E-state index contributed by atoms with van der Waals surface area (Å²) in [5, 5.41) is 11.1. The molecule has 2 aromatic carbocycles. The second-order valence-corrected chi connectivity index (χ2v) is 5.41. The lowest BCUT2D eigenvalue weighted by Gasteiger charge is -2.09. The van der Waals surface area contributed by atoms with Crippen LogP contribution in [0.25, 0.3) is 0 Å². The van der Waals surface area contributed by atoms with Crippen LogP contribution < -0.4 is 4.74 Å². The number of nitro benzene ring substituents is 1. The summed E-state index contributed by atoms with van der Waals surface area (Å²) in [5.74, 6) is -2.33. The summed E-state index contributed by atoms with van der Waals surface area (Å²) in [6, 6.07) is 6.22. The molecule has 8 heteroatoms. The van der Waals surface area contributed by atoms with Crippen LogP contribution in [-0.2, 0) is 5.33 Å². The molecular formula is C13H7Br2F2NO3. The van der Waals surface area contributed by atoms with Crippen LogP contribution in [0.4, 0.5) is 14.5 Å². The predicted molar refractivity (Wildman–Crippen MR) is 79.9 cm³/mol. The lowest BCUT2D eigenvalue weighted by molar-refractivity contribution is -0.387. The molecule has 21 heavy (non-hydrogen) atoms. The number of alkyl halides is 1. The van der Waals surface area contributed by atoms with Crippen molar-refractivity contribution in [3.05, 3.63) is 62.1 Å². The van der Waals surface area contributed by atoms with Crippen molar-refractivity contribution in [2.75, 3.05) is 0 Å². The first kappa shape index (κ1) is 15.8. The molecule has 0 saturated carbocycles. The molecule has 0 saturated heterocycles. The highest BCUT2D eigenvalue weighted by atomic mass is 79.9. The van der Waals surface area contributed by atoms with Crippen LogP contribution in [0, 0.1) is 21.7 Å². The SMILES string of the molecule is O=[N+]([O-])c1cc(F)c(Oc2ccc(CBr)cc2Br)cc1F. The summed E-state index contributed by atoms with van der Waals surface area (Å²) >= 11 is 6.55. The van der Waals surface area contributed by atoms with Crippen LogP contribution in [0.2, 0.25) is 0 Å². The number of ether oxygens (including phenoxy) is 1. The van der Waals surface area contributed by atoms with Gasteiger partial charge in [0.2, 0.25) is 5.82 Å². The third kappa shape index (κ3) is 3.56. The van der Waals surface area contributed by atoms with Gasteiger partial charge in [-0.25, -0.2) is 4.39 Å². The minimum Gasteiger partial charge on any atom is -0.453 e. The Hall–Kier alpha value is -1.54. The fourth-order valence-electron chi connectivity index (χ4n) is 1.56. The van der Waals surface area contributed by atoms with Gasteiger partial charge in [0.15, 0.2) is 11.6 Å². The molecule has 0 aliphatic heterocycles. The first-order valence-electron chi connectivity index (χ1n) is 5.58. The van der Waals surface area contributed by atoms with Gasteiger partial charge in [-0.2, -0.15) is 4.39 Å². The van der Waals surface area contributed by atoms with Gasteiger partial charge in [0.1, 0.15) is 5.75 Å². The molecule has 0 bridgehead atoms. The van der Waals surface area contributed by atoms with E-state index in [1.54, 1.807) is 18.2 Å². The Morgan fingerprint density at radius 3 is 2.43 bits per heavy atom. The number of rotatable bonds is 4. The molecule has 0 atom stereocenters. The Morgan fingerprint density at radius 2 is 1.86 bits per heavy atom. The zero-order chi connectivity index (χ0) is 15.6. The molecule has 2 aromatic rings. The number of halogens is 4. The number of benzene rings is 2. The molecule has 0 heterocycles. The standard InChI is InChI=1S/C13H7Br2F2NO3/c14-6-7-1-2-12(8(15)3-7)21-13-5-9(16)11(18(19)20)4-10(13)17/h1-5H,6H2. The van der Waals surface area contributed by atoms with E-state index in [0.29, 0.717) is 21.9 Å². The number of hydrogen-bond donors (Lipinski definition) is 0. The van der Waals surface area contributed by atoms with Gasteiger partial charge in [-0.1, -0.05) is 22.0 Å². The van der Waals surface area contributed by atoms with Crippen molar-refractivity contribution in [2.45, 2.75) is 5.33 Å². The number of nitro groups is 1. The Kier molecular flexibility index (Phi) is 4.89. The van der Waals surface area contributed by atoms with Gasteiger partial charge >= 0.3 is 5.69 Å². The highest BCUT2D eigenvalue weighted by Gasteiger charge is 2.20. The van der Waals surface area contributed by atoms with E-state index >= 15 is 0 Å². The van der Waals surface area contributed by atoms with Gasteiger partial charge in [0, 0.05) is 11.4 Å². The molecule has 4 nitrogen and oxygen atoms in total. The van der Waals surface area contributed by atoms with Crippen molar-refractivity contribution in [1.82, 2.24) is 0 Å². The molecule has 0 aliphatic rings. The third-order valence-electron chi connectivity index (χ3n) is 2.57. The van der Waals surface area contributed by atoms with E-state index in [-0.39, 0.29) is 5.75 Å². The maximum atomic E-state index is 13.7. The smallest absolute Gasteiger partial charge is 0.307 e. The van der Waals surface area contributed by atoms with Crippen molar-refractivity contribution < 1.29 is 18.4 Å². The largest absolute Gasteiger partial charge is 0.453 e. The molecule has 0 N–H and O–H groups in total. The Morgan fingerprint density at radius 1 is 1.14 bits per heavy atom. The third-order valence-corrected chi connectivity index (χ3v) is 3.84. The summed E-state index contributed by atoms with van der Waals surface area (Å²) in [5.41, 5.74) is 0.0260. The molecule has 0 amide bonds. The Balaban J connectivity index is 2.36. The Bertz CT molecular complexity index is 710. The van der Waals surface area contributed by atoms with E-state index in [4.69, 9.17) is 4.74 Å². The quantitative estimate of drug-likeness (QED) is 0.380. The van der Waals surface area contributed by atoms with Crippen LogP contribution in [0.3, 0.4) is 0 Å². The molecular weight excluding hydrogens is 416 g/mol. The van der Waals surface area contributed by atoms with E-state index in [1.807, 2.05) is 0 Å². The van der Waals surface area contributed by atoms with Crippen LogP contribution in [0.15, 0.2) is 34.8 Å². The second kappa shape index (κ2) is 6.48. The van der Waals surface area contributed by atoms with E-state index in [9.17, 15) is 18.9 Å². The van der Waals surface area contributed by atoms with Crippen LogP contribution in [0.1, 0.15) is 5.56 Å². The monoisotopic (exact) mass is 421 g/mol. The normalized spacial score (nSPS) is 10.5. The fraction of sp³-hybridized carbons (Fsp3) is 0.0769. The number of nitrogens with zero attached hydrogens (tertiary/aromatic N) is 1. The fourth-order valence-corrected chi connectivity index (χ4v) is 2.42. The zero-order valence-corrected chi connectivity index (χ0v) is 13.4. The van der Waals surface area contributed by atoms with Gasteiger partial charge < -0.3 is 4.74 Å². The van der Waals surface area contributed by atoms with E-state index < -0.39 is 28.0 Å². The van der Waals surface area contributed by atoms with Gasteiger partial charge in [-0.3, -0.25) is 10.1 Å². The summed E-state index contributed by atoms with van der Waals surface area (Å²) in [6.45, 7) is 0. The molecule has 0 fully saturated rings. The lowest BCUT2D eigenvalue weighted by atomic mass is 10.2. The highest BCUT2D eigenvalue weighted by molar-refractivity contribution is 9.10. The summed E-state index contributed by atoms with van der Waals surface area (Å²) < 4.78 is 33.0. The average Bonchev–Trinajstić information content (AvgIpc) is 2.44. The van der Waals surface area contributed by atoms with Crippen LogP contribution in [0.5, 0.6) is 11.5 Å². The molecule has 0 radical (unpaired) electrons. The average molecular weight is 423 g/mol. The molecule has 0 unspecified atom stereocenters. The minimum absolute atomic E-state index is 0.270. The summed E-state index contributed by atoms with van der Waals surface area (Å²) in [6.07, 6.45) is 0. The molecule has 0 aliphatic carbocycles. The lowest BCUT2D eigenvalue weighted by Crippen LogP contribution is -1.97. The first-order valence-corrected chi connectivity index (χ1v) is 7.49. The van der Waals surface area contributed by atoms with Gasteiger partial charge in [0.05, 0.1) is 15.5 Å². The molecule has 0 aromatic heterocycles. The highest BCUT2D eigenvalue weighted by Crippen LogP contribution is 2.34. The predicted octanol–water partition coefficient (Wildman–Crippen LogP) is 5.32. The number of hydrogen-bond acceptors (Lipinski definition) is 3. The maximum Gasteiger partial charge on any atom is 0.307 e. The van der Waals surface area contributed by atoms with Crippen molar-refractivity contribution in [1.29, 1.82) is 0 Å². The van der Waals surface area contributed by atoms with Gasteiger partial charge in [-0.05, 0) is 33.6 Å². The summed E-state index contributed by atoms with van der Waals surface area (Å²) in [4.78, 5) is 9.52. The zero-order valence-electron chi connectivity index (χ0n) is 10.3. The van der Waals surface area contributed by atoms with Gasteiger partial charge in [0.25, 0.3) is 0 Å². The van der Waals surface area contributed by atoms with E-state index in [1.165, 1.54) is 0 Å². The topological polar surface area (TPSA) is 52.4 Å². The maximum absolute atomic E-state index is 13.7. The van der Waals surface area contributed by atoms with Crippen molar-refractivity contribution in [3.8, 4) is 11.5 Å². The molecule has 2 rings (SSSR count). The van der Waals surface area contributed by atoms with Gasteiger partial charge in [-0.15, -0.1) is 0 Å². The van der Waals surface area contributed by atoms with Crippen molar-refractivity contribution in [2.24, 2.45) is 0 Å². The van der Waals surface area contributed by atoms with E-state index in [0.717, 1.165) is 5.56 Å². The van der Waals surface area contributed by atoms with Crippen LogP contribution >= 0.6 is 31.9 Å². The molecule has 110 valence electrons. The van der Waals surface area contributed by atoms with E-state index in [2.05, 4.69) is 31.9 Å². The summed E-state index contributed by atoms with van der Waals surface area (Å²) in [7, 11) is 0. The minimum atomic E-state index is -1.16. The van der Waals surface area contributed by atoms with Crippen molar-refractivity contribution >= 4 is 37.5 Å². The van der Waals surface area contributed by atoms with Crippen molar-refractivity contribution in [3.63, 3.8) is 0 Å². The molecule has 0 spiro atoms.